The zero-order valence-electron chi connectivity index (χ0n) is 20.5. The lowest BCUT2D eigenvalue weighted by Crippen LogP contribution is -2.30. The van der Waals surface area contributed by atoms with E-state index in [4.69, 9.17) is 16.6 Å². The lowest BCUT2D eigenvalue weighted by molar-refractivity contribution is 0.0943. The highest BCUT2D eigenvalue weighted by Crippen LogP contribution is 2.27. The standard InChI is InChI=1S/C30H29ClN4OS/c31-26-20-27(35-18-8-3-9-19-35)33-30(32-26)37-21-22-14-16-25(17-15-22)29(36)34-28(23-10-4-1-5-11-23)24-12-6-2-7-13-24/h1-2,4-7,10-17,20,28H,3,8-9,18-19,21H2,(H,34,36). The summed E-state index contributed by atoms with van der Waals surface area (Å²) >= 11 is 7.85. The number of rotatable bonds is 8. The Kier molecular flexibility index (Phi) is 8.39. The molecule has 0 unspecified atom stereocenters. The molecule has 0 atom stereocenters. The van der Waals surface area contributed by atoms with E-state index in [1.165, 1.54) is 19.3 Å². The third-order valence-corrected chi connectivity index (χ3v) is 7.58. The number of benzene rings is 3. The van der Waals surface area contributed by atoms with Gasteiger partial charge in [0.2, 0.25) is 0 Å². The number of carbonyl (C=O) groups is 1. The van der Waals surface area contributed by atoms with Crippen molar-refractivity contribution in [1.29, 1.82) is 0 Å². The zero-order chi connectivity index (χ0) is 25.5. The lowest BCUT2D eigenvalue weighted by Gasteiger charge is -2.27. The summed E-state index contributed by atoms with van der Waals surface area (Å²) in [6.45, 7) is 2.02. The van der Waals surface area contributed by atoms with Gasteiger partial charge in [-0.25, -0.2) is 9.97 Å². The monoisotopic (exact) mass is 528 g/mol. The highest BCUT2D eigenvalue weighted by Gasteiger charge is 2.18. The summed E-state index contributed by atoms with van der Waals surface area (Å²) in [5.41, 5.74) is 3.80. The van der Waals surface area contributed by atoms with E-state index >= 15 is 0 Å². The molecule has 0 bridgehead atoms. The van der Waals surface area contributed by atoms with Crippen LogP contribution in [0.4, 0.5) is 5.82 Å². The largest absolute Gasteiger partial charge is 0.356 e. The molecule has 37 heavy (non-hydrogen) atoms. The maximum Gasteiger partial charge on any atom is 0.252 e. The average Bonchev–Trinajstić information content (AvgIpc) is 2.96. The molecule has 5 rings (SSSR count). The van der Waals surface area contributed by atoms with Crippen LogP contribution in [0.5, 0.6) is 0 Å². The Bertz CT molecular complexity index is 1270. The van der Waals surface area contributed by atoms with Crippen LogP contribution >= 0.6 is 23.4 Å². The topological polar surface area (TPSA) is 58.1 Å². The SMILES string of the molecule is O=C(NC(c1ccccc1)c1ccccc1)c1ccc(CSc2nc(Cl)cc(N3CCCCC3)n2)cc1. The highest BCUT2D eigenvalue weighted by molar-refractivity contribution is 7.98. The van der Waals surface area contributed by atoms with Crippen molar-refractivity contribution in [3.8, 4) is 0 Å². The van der Waals surface area contributed by atoms with Crippen molar-refractivity contribution >= 4 is 35.1 Å². The van der Waals surface area contributed by atoms with Gasteiger partial charge < -0.3 is 10.2 Å². The lowest BCUT2D eigenvalue weighted by atomic mass is 9.98. The number of anilines is 1. The molecule has 1 N–H and O–H groups in total. The molecule has 7 heteroatoms. The zero-order valence-corrected chi connectivity index (χ0v) is 22.1. The van der Waals surface area contributed by atoms with Crippen LogP contribution in [0, 0.1) is 0 Å². The summed E-state index contributed by atoms with van der Waals surface area (Å²) in [4.78, 5) is 24.6. The van der Waals surface area contributed by atoms with Crippen molar-refractivity contribution in [3.63, 3.8) is 0 Å². The number of piperidine rings is 1. The van der Waals surface area contributed by atoms with Crippen molar-refractivity contribution in [2.24, 2.45) is 0 Å². The molecule has 1 fully saturated rings. The van der Waals surface area contributed by atoms with Crippen molar-refractivity contribution in [1.82, 2.24) is 15.3 Å². The molecule has 4 aromatic rings. The summed E-state index contributed by atoms with van der Waals surface area (Å²) in [5, 5.41) is 4.34. The van der Waals surface area contributed by atoms with Crippen LogP contribution in [-0.4, -0.2) is 29.0 Å². The van der Waals surface area contributed by atoms with E-state index in [1.54, 1.807) is 11.8 Å². The molecule has 0 aliphatic carbocycles. The number of hydrogen-bond donors (Lipinski definition) is 1. The minimum absolute atomic E-state index is 0.110. The smallest absolute Gasteiger partial charge is 0.252 e. The fourth-order valence-corrected chi connectivity index (χ4v) is 5.54. The number of halogens is 1. The molecule has 5 nitrogen and oxygen atoms in total. The van der Waals surface area contributed by atoms with E-state index < -0.39 is 0 Å². The van der Waals surface area contributed by atoms with Crippen LogP contribution in [0.15, 0.2) is 96.2 Å². The van der Waals surface area contributed by atoms with Gasteiger partial charge in [0.25, 0.3) is 5.91 Å². The minimum Gasteiger partial charge on any atom is -0.356 e. The van der Waals surface area contributed by atoms with Crippen molar-refractivity contribution in [2.75, 3.05) is 18.0 Å². The average molecular weight is 529 g/mol. The van der Waals surface area contributed by atoms with Gasteiger partial charge in [0.1, 0.15) is 11.0 Å². The fourth-order valence-electron chi connectivity index (χ4n) is 4.50. The molecule has 1 saturated heterocycles. The Morgan fingerprint density at radius 2 is 1.49 bits per heavy atom. The van der Waals surface area contributed by atoms with Crippen LogP contribution in [0.25, 0.3) is 0 Å². The first-order chi connectivity index (χ1) is 18.2. The van der Waals surface area contributed by atoms with Crippen LogP contribution in [0.1, 0.15) is 52.4 Å². The number of nitrogens with one attached hydrogen (secondary N) is 1. The van der Waals surface area contributed by atoms with Gasteiger partial charge in [-0.05, 0) is 48.1 Å². The van der Waals surface area contributed by atoms with E-state index in [9.17, 15) is 4.79 Å². The van der Waals surface area contributed by atoms with Gasteiger partial charge in [-0.3, -0.25) is 4.79 Å². The van der Waals surface area contributed by atoms with Crippen molar-refractivity contribution in [3.05, 3.63) is 118 Å². The number of hydrogen-bond acceptors (Lipinski definition) is 5. The number of thioether (sulfide) groups is 1. The van der Waals surface area contributed by atoms with E-state index in [1.807, 2.05) is 91.0 Å². The second-order valence-electron chi connectivity index (χ2n) is 9.09. The maximum absolute atomic E-state index is 13.2. The quantitative estimate of drug-likeness (QED) is 0.153. The first-order valence-electron chi connectivity index (χ1n) is 12.6. The van der Waals surface area contributed by atoms with E-state index in [2.05, 4.69) is 15.2 Å². The molecule has 188 valence electrons. The molecular weight excluding hydrogens is 500 g/mol. The number of carbonyl (C=O) groups excluding carboxylic acids is 1. The van der Waals surface area contributed by atoms with Gasteiger partial charge in [0, 0.05) is 30.5 Å². The maximum atomic E-state index is 13.2. The second-order valence-corrected chi connectivity index (χ2v) is 10.4. The predicted molar refractivity (Wildman–Crippen MR) is 151 cm³/mol. The van der Waals surface area contributed by atoms with E-state index in [-0.39, 0.29) is 11.9 Å². The molecule has 1 amide bonds. The Morgan fingerprint density at radius 3 is 2.11 bits per heavy atom. The van der Waals surface area contributed by atoms with Gasteiger partial charge in [-0.15, -0.1) is 0 Å². The Labute approximate surface area is 227 Å². The number of amides is 1. The van der Waals surface area contributed by atoms with Gasteiger partial charge >= 0.3 is 0 Å². The van der Waals surface area contributed by atoms with Gasteiger partial charge in [0.15, 0.2) is 5.16 Å². The molecule has 0 radical (unpaired) electrons. The molecule has 3 aromatic carbocycles. The van der Waals surface area contributed by atoms with Crippen LogP contribution < -0.4 is 10.2 Å². The summed E-state index contributed by atoms with van der Waals surface area (Å²) in [5.74, 6) is 1.49. The van der Waals surface area contributed by atoms with Crippen molar-refractivity contribution < 1.29 is 4.79 Å². The molecular formula is C30H29ClN4OS. The van der Waals surface area contributed by atoms with Crippen LogP contribution in [0.2, 0.25) is 5.15 Å². The van der Waals surface area contributed by atoms with Crippen LogP contribution in [0.3, 0.4) is 0 Å². The summed E-state index contributed by atoms with van der Waals surface area (Å²) in [6.07, 6.45) is 3.63. The summed E-state index contributed by atoms with van der Waals surface area (Å²) in [7, 11) is 0. The highest BCUT2D eigenvalue weighted by atomic mass is 35.5. The van der Waals surface area contributed by atoms with Crippen molar-refractivity contribution in [2.45, 2.75) is 36.2 Å². The van der Waals surface area contributed by atoms with E-state index in [0.29, 0.717) is 21.6 Å². The predicted octanol–water partition coefficient (Wildman–Crippen LogP) is 6.93. The molecule has 1 aromatic heterocycles. The Morgan fingerprint density at radius 1 is 0.865 bits per heavy atom. The van der Waals surface area contributed by atoms with Gasteiger partial charge in [-0.1, -0.05) is 96.2 Å². The van der Waals surface area contributed by atoms with Gasteiger partial charge in [0.05, 0.1) is 6.04 Å². The second kappa shape index (κ2) is 12.3. The summed E-state index contributed by atoms with van der Waals surface area (Å²) < 4.78 is 0. The third-order valence-electron chi connectivity index (χ3n) is 6.47. The molecule has 1 aliphatic rings. The van der Waals surface area contributed by atoms with Crippen LogP contribution in [-0.2, 0) is 5.75 Å². The number of nitrogens with zero attached hydrogens (tertiary/aromatic N) is 3. The Hall–Kier alpha value is -3.35. The Balaban J connectivity index is 1.24. The van der Waals surface area contributed by atoms with E-state index in [0.717, 1.165) is 35.6 Å². The number of aromatic nitrogens is 2. The summed E-state index contributed by atoms with van der Waals surface area (Å²) in [6, 6.07) is 29.4. The normalized spacial score (nSPS) is 13.5. The molecule has 1 aliphatic heterocycles. The third kappa shape index (κ3) is 6.70. The molecule has 0 spiro atoms. The minimum atomic E-state index is -0.223. The first-order valence-corrected chi connectivity index (χ1v) is 13.9. The molecule has 0 saturated carbocycles. The first kappa shape index (κ1) is 25.3. The van der Waals surface area contributed by atoms with Gasteiger partial charge in [-0.2, -0.15) is 0 Å². The molecule has 2 heterocycles. The fraction of sp³-hybridized carbons (Fsp3) is 0.233.